The molecule has 0 fully saturated rings. The number of halogens is 1. The Balaban J connectivity index is 2.04. The van der Waals surface area contributed by atoms with Crippen molar-refractivity contribution in [3.05, 3.63) is 63.7 Å². The number of benzene rings is 2. The number of aryl methyl sites for hydroxylation is 3. The minimum Gasteiger partial charge on any atom is -0.348 e. The predicted molar refractivity (Wildman–Crippen MR) is 99.8 cm³/mol. The molecular formula is C18H21ClN2S. The summed E-state index contributed by atoms with van der Waals surface area (Å²) in [6.07, 6.45) is 0. The average molecular weight is 333 g/mol. The average Bonchev–Trinajstić information content (AvgIpc) is 2.45. The van der Waals surface area contributed by atoms with E-state index in [0.717, 1.165) is 22.8 Å². The molecule has 0 bridgehead atoms. The van der Waals surface area contributed by atoms with Crippen LogP contribution in [0, 0.1) is 20.8 Å². The molecule has 0 radical (unpaired) electrons. The second-order valence-electron chi connectivity index (χ2n) is 5.68. The lowest BCUT2D eigenvalue weighted by Crippen LogP contribution is -2.30. The molecule has 0 aliphatic heterocycles. The van der Waals surface area contributed by atoms with Crippen molar-refractivity contribution in [1.82, 2.24) is 4.90 Å². The molecule has 2 aromatic carbocycles. The van der Waals surface area contributed by atoms with E-state index in [-0.39, 0.29) is 0 Å². The van der Waals surface area contributed by atoms with Gasteiger partial charge in [0.1, 0.15) is 0 Å². The zero-order valence-electron chi connectivity index (χ0n) is 13.4. The van der Waals surface area contributed by atoms with Crippen LogP contribution >= 0.6 is 23.8 Å². The summed E-state index contributed by atoms with van der Waals surface area (Å²) in [5.41, 5.74) is 5.81. The molecule has 22 heavy (non-hydrogen) atoms. The third-order valence-electron chi connectivity index (χ3n) is 3.68. The summed E-state index contributed by atoms with van der Waals surface area (Å²) in [5, 5.41) is 4.65. The lowest BCUT2D eigenvalue weighted by molar-refractivity contribution is 0.507. The highest BCUT2D eigenvalue weighted by Gasteiger charge is 2.08. The maximum atomic E-state index is 6.15. The summed E-state index contributed by atoms with van der Waals surface area (Å²) >= 11 is 11.6. The first-order chi connectivity index (χ1) is 10.4. The van der Waals surface area contributed by atoms with Gasteiger partial charge in [-0.15, -0.1) is 0 Å². The molecule has 1 N–H and O–H groups in total. The topological polar surface area (TPSA) is 15.3 Å². The lowest BCUT2D eigenvalue weighted by atomic mass is 10.1. The van der Waals surface area contributed by atoms with Gasteiger partial charge in [-0.2, -0.15) is 0 Å². The molecule has 4 heteroatoms. The third-order valence-corrected chi connectivity index (χ3v) is 4.50. The summed E-state index contributed by atoms with van der Waals surface area (Å²) in [6, 6.07) is 12.3. The smallest absolute Gasteiger partial charge is 0.173 e. The summed E-state index contributed by atoms with van der Waals surface area (Å²) in [7, 11) is 1.99. The van der Waals surface area contributed by atoms with Crippen molar-refractivity contribution in [1.29, 1.82) is 0 Å². The molecule has 0 spiro atoms. The van der Waals surface area contributed by atoms with Crippen LogP contribution in [0.2, 0.25) is 5.02 Å². The van der Waals surface area contributed by atoms with Crippen LogP contribution in [0.25, 0.3) is 0 Å². The van der Waals surface area contributed by atoms with Crippen LogP contribution in [0.1, 0.15) is 22.3 Å². The molecule has 0 heterocycles. The Bertz CT molecular complexity index is 697. The molecule has 0 aliphatic carbocycles. The van der Waals surface area contributed by atoms with Crippen molar-refractivity contribution < 1.29 is 0 Å². The van der Waals surface area contributed by atoms with Crippen LogP contribution in [0.4, 0.5) is 5.69 Å². The van der Waals surface area contributed by atoms with Crippen LogP contribution in [-0.2, 0) is 6.54 Å². The molecule has 0 aromatic heterocycles. The number of rotatable bonds is 3. The monoisotopic (exact) mass is 332 g/mol. The van der Waals surface area contributed by atoms with Crippen molar-refractivity contribution in [2.24, 2.45) is 0 Å². The van der Waals surface area contributed by atoms with Gasteiger partial charge in [0.2, 0.25) is 0 Å². The maximum Gasteiger partial charge on any atom is 0.173 e. The Kier molecular flexibility index (Phi) is 5.43. The van der Waals surface area contributed by atoms with Crippen molar-refractivity contribution >= 4 is 34.6 Å². The van der Waals surface area contributed by atoms with Gasteiger partial charge in [0.15, 0.2) is 5.11 Å². The zero-order chi connectivity index (χ0) is 16.3. The minimum absolute atomic E-state index is 0.680. The highest BCUT2D eigenvalue weighted by Crippen LogP contribution is 2.20. The number of anilines is 1. The van der Waals surface area contributed by atoms with Crippen LogP contribution in [0.3, 0.4) is 0 Å². The Hall–Kier alpha value is -1.58. The predicted octanol–water partition coefficient (Wildman–Crippen LogP) is 5.09. The van der Waals surface area contributed by atoms with E-state index < -0.39 is 0 Å². The third kappa shape index (κ3) is 4.21. The van der Waals surface area contributed by atoms with E-state index in [1.54, 1.807) is 0 Å². The van der Waals surface area contributed by atoms with E-state index in [2.05, 4.69) is 37.4 Å². The Morgan fingerprint density at radius 2 is 1.82 bits per heavy atom. The first-order valence-corrected chi connectivity index (χ1v) is 8.00. The molecule has 0 saturated heterocycles. The van der Waals surface area contributed by atoms with Gasteiger partial charge < -0.3 is 10.2 Å². The zero-order valence-corrected chi connectivity index (χ0v) is 15.0. The van der Waals surface area contributed by atoms with Crippen molar-refractivity contribution in [3.8, 4) is 0 Å². The Morgan fingerprint density at radius 1 is 1.09 bits per heavy atom. The van der Waals surface area contributed by atoms with E-state index in [1.165, 1.54) is 16.7 Å². The molecule has 0 aliphatic rings. The number of hydrogen-bond acceptors (Lipinski definition) is 1. The fourth-order valence-corrected chi connectivity index (χ4v) is 2.60. The molecule has 2 rings (SSSR count). The van der Waals surface area contributed by atoms with Crippen LogP contribution < -0.4 is 5.32 Å². The van der Waals surface area contributed by atoms with Crippen LogP contribution in [0.5, 0.6) is 0 Å². The quantitative estimate of drug-likeness (QED) is 0.788. The van der Waals surface area contributed by atoms with Gasteiger partial charge >= 0.3 is 0 Å². The summed E-state index contributed by atoms with van der Waals surface area (Å²) in [5.74, 6) is 0. The summed E-state index contributed by atoms with van der Waals surface area (Å²) < 4.78 is 0. The lowest BCUT2D eigenvalue weighted by Gasteiger charge is -2.22. The van der Waals surface area contributed by atoms with Crippen molar-refractivity contribution in [3.63, 3.8) is 0 Å². The normalized spacial score (nSPS) is 10.4. The van der Waals surface area contributed by atoms with E-state index >= 15 is 0 Å². The maximum absolute atomic E-state index is 6.15. The van der Waals surface area contributed by atoms with Gasteiger partial charge in [-0.3, -0.25) is 0 Å². The Morgan fingerprint density at radius 3 is 2.45 bits per heavy atom. The SMILES string of the molecule is Cc1ccc(CN(C)C(=S)Nc2ccc(C)c(Cl)c2)c(C)c1. The minimum atomic E-state index is 0.680. The molecule has 2 nitrogen and oxygen atoms in total. The highest BCUT2D eigenvalue weighted by atomic mass is 35.5. The van der Waals surface area contributed by atoms with Crippen LogP contribution in [0.15, 0.2) is 36.4 Å². The molecule has 0 unspecified atom stereocenters. The molecule has 0 atom stereocenters. The van der Waals surface area contributed by atoms with Crippen molar-refractivity contribution in [2.75, 3.05) is 12.4 Å². The second kappa shape index (κ2) is 7.12. The first-order valence-electron chi connectivity index (χ1n) is 7.21. The standard InChI is InChI=1S/C18H21ClN2S/c1-12-5-7-15(14(3)9-12)11-21(4)18(22)20-16-8-6-13(2)17(19)10-16/h5-10H,11H2,1-4H3,(H,20,22). The van der Waals surface area contributed by atoms with Crippen molar-refractivity contribution in [2.45, 2.75) is 27.3 Å². The Labute approximate surface area is 143 Å². The van der Waals surface area contributed by atoms with E-state index in [4.69, 9.17) is 23.8 Å². The second-order valence-corrected chi connectivity index (χ2v) is 6.47. The van der Waals surface area contributed by atoms with Gasteiger partial charge in [0, 0.05) is 24.3 Å². The molecule has 116 valence electrons. The van der Waals surface area contributed by atoms with Gasteiger partial charge in [0.25, 0.3) is 0 Å². The summed E-state index contributed by atoms with van der Waals surface area (Å²) in [6.45, 7) is 6.99. The van der Waals surface area contributed by atoms with E-state index in [9.17, 15) is 0 Å². The fourth-order valence-electron chi connectivity index (χ4n) is 2.24. The molecule has 0 amide bonds. The number of hydrogen-bond donors (Lipinski definition) is 1. The first kappa shape index (κ1) is 16.8. The fraction of sp³-hybridized carbons (Fsp3) is 0.278. The molecular weight excluding hydrogens is 312 g/mol. The highest BCUT2D eigenvalue weighted by molar-refractivity contribution is 7.80. The van der Waals surface area contributed by atoms with Crippen LogP contribution in [-0.4, -0.2) is 17.1 Å². The van der Waals surface area contributed by atoms with Gasteiger partial charge in [-0.25, -0.2) is 0 Å². The van der Waals surface area contributed by atoms with Gasteiger partial charge in [-0.1, -0.05) is 41.4 Å². The number of nitrogens with one attached hydrogen (secondary N) is 1. The number of thiocarbonyl (C=S) groups is 1. The van der Waals surface area contributed by atoms with Gasteiger partial charge in [-0.05, 0) is 61.8 Å². The molecule has 0 saturated carbocycles. The van der Waals surface area contributed by atoms with Gasteiger partial charge in [0.05, 0.1) is 0 Å². The van der Waals surface area contributed by atoms with E-state index in [0.29, 0.717) is 5.11 Å². The molecule has 2 aromatic rings. The summed E-state index contributed by atoms with van der Waals surface area (Å²) in [4.78, 5) is 2.03. The number of nitrogens with zero attached hydrogens (tertiary/aromatic N) is 1. The largest absolute Gasteiger partial charge is 0.348 e. The van der Waals surface area contributed by atoms with E-state index in [1.807, 2.05) is 37.1 Å².